The summed E-state index contributed by atoms with van der Waals surface area (Å²) in [6.07, 6.45) is 4.27. The van der Waals surface area contributed by atoms with Gasteiger partial charge in [0.1, 0.15) is 0 Å². The molecule has 10 heteroatoms. The zero-order chi connectivity index (χ0) is 16.2. The fraction of sp³-hybridized carbons (Fsp3) is 0.500. The Morgan fingerprint density at radius 2 is 1.55 bits per heavy atom. The molecule has 1 aromatic rings. The zero-order valence-electron chi connectivity index (χ0n) is 11.5. The summed E-state index contributed by atoms with van der Waals surface area (Å²) in [4.78, 5) is 4.18. The molecule has 1 aromatic heterocycles. The lowest BCUT2D eigenvalue weighted by atomic mass is 10.3. The average Bonchev–Trinajstić information content (AvgIpc) is 2.23. The van der Waals surface area contributed by atoms with E-state index in [0.717, 1.165) is 18.7 Å². The van der Waals surface area contributed by atoms with Crippen molar-refractivity contribution in [2.24, 2.45) is 0 Å². The number of likely N-dealkylation sites (N-methyl/N-ethyl adjacent to an activating group) is 1. The van der Waals surface area contributed by atoms with Crippen LogP contribution in [0.15, 0.2) is 24.4 Å². The Morgan fingerprint density at radius 1 is 1.10 bits per heavy atom. The molecule has 1 rings (SSSR count). The van der Waals surface area contributed by atoms with Gasteiger partial charge in [0, 0.05) is 24.9 Å². The van der Waals surface area contributed by atoms with Gasteiger partial charge in [-0.05, 0) is 19.2 Å². The maximum Gasteiger partial charge on any atom is 0.261 e. The standard InChI is InChI=1S/C8H12N2.2CH4O3S/c1-9-7-5-8-4-2-3-6-10-8;2*1-5(2,3)4/h2-4,6,9H,5,7H2,1H3;2*1H3,(H,2,3,4). The van der Waals surface area contributed by atoms with Gasteiger partial charge in [0.25, 0.3) is 20.2 Å². The predicted octanol–water partition coefficient (Wildman–Crippen LogP) is -0.148. The van der Waals surface area contributed by atoms with Gasteiger partial charge < -0.3 is 5.32 Å². The summed E-state index contributed by atoms with van der Waals surface area (Å²) in [5.74, 6) is 0. The van der Waals surface area contributed by atoms with Crippen LogP contribution in [0, 0.1) is 0 Å². The molecular weight excluding hydrogens is 308 g/mol. The summed E-state index contributed by atoms with van der Waals surface area (Å²) in [6.45, 7) is 0.997. The van der Waals surface area contributed by atoms with Crippen LogP contribution in [0.2, 0.25) is 0 Å². The van der Waals surface area contributed by atoms with Crippen molar-refractivity contribution in [3.8, 4) is 0 Å². The van der Waals surface area contributed by atoms with Gasteiger partial charge in [-0.3, -0.25) is 14.1 Å². The fourth-order valence-corrected chi connectivity index (χ4v) is 0.799. The highest BCUT2D eigenvalue weighted by atomic mass is 32.2. The van der Waals surface area contributed by atoms with Gasteiger partial charge in [-0.2, -0.15) is 16.8 Å². The van der Waals surface area contributed by atoms with E-state index >= 15 is 0 Å². The number of hydrogen-bond donors (Lipinski definition) is 3. The van der Waals surface area contributed by atoms with Crippen LogP contribution in [0.3, 0.4) is 0 Å². The van der Waals surface area contributed by atoms with E-state index in [1.54, 1.807) is 0 Å². The Kier molecular flexibility index (Phi) is 11.3. The molecule has 1 heterocycles. The Balaban J connectivity index is 0. The van der Waals surface area contributed by atoms with Crippen LogP contribution in [-0.4, -0.2) is 57.0 Å². The number of nitrogens with one attached hydrogen (secondary N) is 1. The van der Waals surface area contributed by atoms with Gasteiger partial charge in [0.15, 0.2) is 0 Å². The second-order valence-electron chi connectivity index (χ2n) is 3.64. The van der Waals surface area contributed by atoms with Gasteiger partial charge in [-0.25, -0.2) is 0 Å². The third-order valence-corrected chi connectivity index (χ3v) is 1.36. The molecule has 118 valence electrons. The smallest absolute Gasteiger partial charge is 0.261 e. The Labute approximate surface area is 119 Å². The minimum Gasteiger partial charge on any atom is -0.319 e. The maximum atomic E-state index is 9.19. The summed E-state index contributed by atoms with van der Waals surface area (Å²) < 4.78 is 51.7. The molecule has 0 aliphatic carbocycles. The molecule has 0 atom stereocenters. The lowest BCUT2D eigenvalue weighted by molar-refractivity contribution is 0.488. The fourth-order valence-electron chi connectivity index (χ4n) is 0.799. The van der Waals surface area contributed by atoms with E-state index in [9.17, 15) is 16.8 Å². The van der Waals surface area contributed by atoms with E-state index in [2.05, 4.69) is 10.3 Å². The highest BCUT2D eigenvalue weighted by molar-refractivity contribution is 7.85. The van der Waals surface area contributed by atoms with E-state index < -0.39 is 20.2 Å². The first kappa shape index (κ1) is 21.2. The SMILES string of the molecule is CNCCc1ccccn1.CS(=O)(=O)O.CS(=O)(=O)O. The second kappa shape index (κ2) is 10.7. The van der Waals surface area contributed by atoms with Crippen molar-refractivity contribution in [2.45, 2.75) is 6.42 Å². The minimum atomic E-state index is -3.67. The van der Waals surface area contributed by atoms with Gasteiger partial charge in [-0.1, -0.05) is 6.07 Å². The van der Waals surface area contributed by atoms with Gasteiger partial charge in [0.2, 0.25) is 0 Å². The molecule has 0 spiro atoms. The highest BCUT2D eigenvalue weighted by Crippen LogP contribution is 1.92. The minimum absolute atomic E-state index is 0.715. The van der Waals surface area contributed by atoms with Crippen molar-refractivity contribution >= 4 is 20.2 Å². The number of aromatic nitrogens is 1. The van der Waals surface area contributed by atoms with Crippen molar-refractivity contribution in [2.75, 3.05) is 26.1 Å². The van der Waals surface area contributed by atoms with Crippen molar-refractivity contribution < 1.29 is 25.9 Å². The third kappa shape index (κ3) is 36.0. The molecule has 0 amide bonds. The molecule has 8 nitrogen and oxygen atoms in total. The summed E-state index contributed by atoms with van der Waals surface area (Å²) in [7, 11) is -5.39. The van der Waals surface area contributed by atoms with Crippen molar-refractivity contribution in [3.63, 3.8) is 0 Å². The normalized spacial score (nSPS) is 10.7. The monoisotopic (exact) mass is 328 g/mol. The van der Waals surface area contributed by atoms with Crippen LogP contribution in [0.1, 0.15) is 5.69 Å². The molecule has 0 bridgehead atoms. The van der Waals surface area contributed by atoms with Crippen LogP contribution in [0.4, 0.5) is 0 Å². The number of hydrogen-bond acceptors (Lipinski definition) is 6. The first-order valence-electron chi connectivity index (χ1n) is 5.33. The molecule has 0 aliphatic heterocycles. The lowest BCUT2D eigenvalue weighted by Gasteiger charge is -1.96. The molecule has 20 heavy (non-hydrogen) atoms. The molecule has 0 aliphatic rings. The van der Waals surface area contributed by atoms with Gasteiger partial charge in [-0.15, -0.1) is 0 Å². The third-order valence-electron chi connectivity index (χ3n) is 1.36. The molecule has 0 unspecified atom stereocenters. The van der Waals surface area contributed by atoms with E-state index in [4.69, 9.17) is 9.11 Å². The largest absolute Gasteiger partial charge is 0.319 e. The van der Waals surface area contributed by atoms with E-state index in [0.29, 0.717) is 12.5 Å². The van der Waals surface area contributed by atoms with Crippen LogP contribution >= 0.6 is 0 Å². The highest BCUT2D eigenvalue weighted by Gasteiger charge is 1.88. The molecule has 0 saturated carbocycles. The Morgan fingerprint density at radius 3 is 1.85 bits per heavy atom. The molecule has 0 saturated heterocycles. The molecule has 0 radical (unpaired) electrons. The molecule has 0 aromatic carbocycles. The predicted molar refractivity (Wildman–Crippen MR) is 76.8 cm³/mol. The maximum absolute atomic E-state index is 9.19. The molecule has 0 fully saturated rings. The number of rotatable bonds is 3. The van der Waals surface area contributed by atoms with Gasteiger partial charge >= 0.3 is 0 Å². The van der Waals surface area contributed by atoms with Crippen LogP contribution in [0.5, 0.6) is 0 Å². The van der Waals surface area contributed by atoms with E-state index in [1.165, 1.54) is 0 Å². The quantitative estimate of drug-likeness (QED) is 0.652. The molecular formula is C10H20N2O6S2. The van der Waals surface area contributed by atoms with Crippen LogP contribution in [0.25, 0.3) is 0 Å². The van der Waals surface area contributed by atoms with E-state index in [1.807, 2.05) is 31.4 Å². The summed E-state index contributed by atoms with van der Waals surface area (Å²) >= 11 is 0. The zero-order valence-corrected chi connectivity index (χ0v) is 13.1. The van der Waals surface area contributed by atoms with Crippen molar-refractivity contribution in [1.29, 1.82) is 0 Å². The second-order valence-corrected chi connectivity index (χ2v) is 6.57. The summed E-state index contributed by atoms with van der Waals surface area (Å²) in [5.41, 5.74) is 1.15. The van der Waals surface area contributed by atoms with Gasteiger partial charge in [0.05, 0.1) is 12.5 Å². The molecule has 3 N–H and O–H groups in total. The van der Waals surface area contributed by atoms with Crippen molar-refractivity contribution in [3.05, 3.63) is 30.1 Å². The van der Waals surface area contributed by atoms with E-state index in [-0.39, 0.29) is 0 Å². The first-order chi connectivity index (χ1) is 8.93. The Hall–Kier alpha value is -1.07. The average molecular weight is 328 g/mol. The summed E-state index contributed by atoms with van der Waals surface area (Å²) in [6, 6.07) is 5.98. The lowest BCUT2D eigenvalue weighted by Crippen LogP contribution is -2.10. The van der Waals surface area contributed by atoms with Crippen LogP contribution in [-0.2, 0) is 26.7 Å². The number of nitrogens with zero attached hydrogens (tertiary/aromatic N) is 1. The van der Waals surface area contributed by atoms with Crippen LogP contribution < -0.4 is 5.32 Å². The Bertz CT molecular complexity index is 496. The van der Waals surface area contributed by atoms with Crippen molar-refractivity contribution in [1.82, 2.24) is 10.3 Å². The number of pyridine rings is 1. The first-order valence-corrected chi connectivity index (χ1v) is 9.02. The summed E-state index contributed by atoms with van der Waals surface area (Å²) in [5, 5.41) is 3.08. The topological polar surface area (TPSA) is 134 Å².